The number of hydrogen-bond acceptors (Lipinski definition) is 0. The van der Waals surface area contributed by atoms with Crippen LogP contribution in [0.5, 0.6) is 0 Å². The minimum Gasteiger partial charge on any atom is -0.0885 e. The standard InChI is InChI=1S/C18H34/c1-3-5-7-9-11-13-15-17-18-16-14-12-10-8-6-4-2/h3,5H,1-2,4,6-18H2/b5-3+. The summed E-state index contributed by atoms with van der Waals surface area (Å²) in [6, 6.07) is 0. The Morgan fingerprint density at radius 3 is 1.33 bits per heavy atom. The zero-order valence-corrected chi connectivity index (χ0v) is 12.5. The predicted molar refractivity (Wildman–Crippen MR) is 84.5 cm³/mol. The number of allylic oxidation sites excluding steroid dienone is 2. The smallest absolute Gasteiger partial charge is 0.0316 e. The van der Waals surface area contributed by atoms with Crippen LogP contribution in [0.3, 0.4) is 0 Å². The average Bonchev–Trinajstić information content (AvgIpc) is 2.39. The Morgan fingerprint density at radius 1 is 0.556 bits per heavy atom. The van der Waals surface area contributed by atoms with Crippen LogP contribution in [0, 0.1) is 13.8 Å². The fourth-order valence-electron chi connectivity index (χ4n) is 2.32. The van der Waals surface area contributed by atoms with E-state index in [-0.39, 0.29) is 0 Å². The van der Waals surface area contributed by atoms with E-state index < -0.39 is 0 Å². The van der Waals surface area contributed by atoms with Gasteiger partial charge in [-0.3, -0.25) is 0 Å². The van der Waals surface area contributed by atoms with Gasteiger partial charge in [0.05, 0.1) is 0 Å². The van der Waals surface area contributed by atoms with Gasteiger partial charge in [0, 0.05) is 0 Å². The minimum atomic E-state index is 1.12. The van der Waals surface area contributed by atoms with Crippen LogP contribution in [0.25, 0.3) is 0 Å². The summed E-state index contributed by atoms with van der Waals surface area (Å²) in [6.45, 7) is 7.58. The molecular formula is C18H34. The van der Waals surface area contributed by atoms with E-state index in [4.69, 9.17) is 0 Å². The summed E-state index contributed by atoms with van der Waals surface area (Å²) in [7, 11) is 0. The lowest BCUT2D eigenvalue weighted by molar-refractivity contribution is 0.542. The zero-order valence-electron chi connectivity index (χ0n) is 12.5. The van der Waals surface area contributed by atoms with Crippen molar-refractivity contribution in [3.63, 3.8) is 0 Å². The monoisotopic (exact) mass is 250 g/mol. The van der Waals surface area contributed by atoms with Crippen LogP contribution in [0.1, 0.15) is 89.9 Å². The average molecular weight is 250 g/mol. The highest BCUT2D eigenvalue weighted by Crippen LogP contribution is 2.12. The van der Waals surface area contributed by atoms with Gasteiger partial charge in [0.1, 0.15) is 0 Å². The van der Waals surface area contributed by atoms with Crippen LogP contribution in [0.4, 0.5) is 0 Å². The third-order valence-corrected chi connectivity index (χ3v) is 3.54. The van der Waals surface area contributed by atoms with E-state index >= 15 is 0 Å². The van der Waals surface area contributed by atoms with Crippen LogP contribution in [0.15, 0.2) is 12.2 Å². The molecule has 0 saturated heterocycles. The Kier molecular flexibility index (Phi) is 16.5. The van der Waals surface area contributed by atoms with Crippen molar-refractivity contribution in [3.05, 3.63) is 26.0 Å². The van der Waals surface area contributed by atoms with Crippen LogP contribution < -0.4 is 0 Å². The first kappa shape index (κ1) is 17.7. The lowest BCUT2D eigenvalue weighted by atomic mass is 10.0. The molecule has 0 aliphatic carbocycles. The molecule has 0 aliphatic rings. The molecule has 0 atom stereocenters. The lowest BCUT2D eigenvalue weighted by Crippen LogP contribution is -1.82. The van der Waals surface area contributed by atoms with E-state index in [1.165, 1.54) is 83.5 Å². The van der Waals surface area contributed by atoms with Gasteiger partial charge in [-0.1, -0.05) is 96.1 Å². The van der Waals surface area contributed by atoms with Crippen molar-refractivity contribution in [3.8, 4) is 0 Å². The molecule has 0 aromatic heterocycles. The number of rotatable bonds is 14. The fourth-order valence-corrected chi connectivity index (χ4v) is 2.32. The normalized spacial score (nSPS) is 11.4. The SMILES string of the molecule is [CH2]/C=C/CCCCCCCCCCCCCC[CH2]. The van der Waals surface area contributed by atoms with Gasteiger partial charge in [0.15, 0.2) is 0 Å². The van der Waals surface area contributed by atoms with E-state index in [1.54, 1.807) is 0 Å². The predicted octanol–water partition coefficient (Wildman–Crippen LogP) is 6.67. The summed E-state index contributed by atoms with van der Waals surface area (Å²) >= 11 is 0. The van der Waals surface area contributed by atoms with Crippen molar-refractivity contribution in [1.29, 1.82) is 0 Å². The second-order valence-corrected chi connectivity index (χ2v) is 5.36. The second kappa shape index (κ2) is 16.7. The number of unbranched alkanes of at least 4 members (excludes halogenated alkanes) is 13. The lowest BCUT2D eigenvalue weighted by Gasteiger charge is -2.02. The molecule has 0 fully saturated rings. The topological polar surface area (TPSA) is 0 Å². The van der Waals surface area contributed by atoms with Crippen LogP contribution in [-0.4, -0.2) is 0 Å². The maximum Gasteiger partial charge on any atom is -0.0316 e. The molecule has 0 heterocycles. The Labute approximate surface area is 116 Å². The highest BCUT2D eigenvalue weighted by Gasteiger charge is 1.93. The first-order valence-electron chi connectivity index (χ1n) is 8.15. The zero-order chi connectivity index (χ0) is 13.3. The van der Waals surface area contributed by atoms with E-state index in [2.05, 4.69) is 19.9 Å². The maximum atomic E-state index is 3.88. The molecule has 106 valence electrons. The van der Waals surface area contributed by atoms with Crippen molar-refractivity contribution < 1.29 is 0 Å². The third kappa shape index (κ3) is 15.7. The molecule has 0 rings (SSSR count). The fraction of sp³-hybridized carbons (Fsp3) is 0.778. The van der Waals surface area contributed by atoms with Crippen molar-refractivity contribution in [2.45, 2.75) is 89.9 Å². The Morgan fingerprint density at radius 2 is 0.944 bits per heavy atom. The summed E-state index contributed by atoms with van der Waals surface area (Å²) < 4.78 is 0. The van der Waals surface area contributed by atoms with Gasteiger partial charge in [-0.2, -0.15) is 0 Å². The van der Waals surface area contributed by atoms with Gasteiger partial charge in [0.2, 0.25) is 0 Å². The maximum absolute atomic E-state index is 3.88. The van der Waals surface area contributed by atoms with Crippen molar-refractivity contribution in [1.82, 2.24) is 0 Å². The molecule has 0 aromatic rings. The molecule has 0 aliphatic heterocycles. The Balaban J connectivity index is 2.90. The largest absolute Gasteiger partial charge is 0.0885 e. The van der Waals surface area contributed by atoms with Gasteiger partial charge in [-0.05, 0) is 19.8 Å². The van der Waals surface area contributed by atoms with Crippen LogP contribution in [0.2, 0.25) is 0 Å². The molecule has 0 heteroatoms. The van der Waals surface area contributed by atoms with E-state index in [9.17, 15) is 0 Å². The highest BCUT2D eigenvalue weighted by molar-refractivity contribution is 4.83. The van der Waals surface area contributed by atoms with Gasteiger partial charge >= 0.3 is 0 Å². The van der Waals surface area contributed by atoms with Crippen LogP contribution in [-0.2, 0) is 0 Å². The molecule has 0 amide bonds. The summed E-state index contributed by atoms with van der Waals surface area (Å²) in [5.41, 5.74) is 0. The summed E-state index contributed by atoms with van der Waals surface area (Å²) in [6.07, 6.45) is 23.4. The van der Waals surface area contributed by atoms with Gasteiger partial charge in [0.25, 0.3) is 0 Å². The molecule has 0 nitrogen and oxygen atoms in total. The molecule has 18 heavy (non-hydrogen) atoms. The molecule has 2 radical (unpaired) electrons. The highest BCUT2D eigenvalue weighted by atomic mass is 14.0. The second-order valence-electron chi connectivity index (χ2n) is 5.36. The van der Waals surface area contributed by atoms with Gasteiger partial charge < -0.3 is 0 Å². The molecule has 0 spiro atoms. The van der Waals surface area contributed by atoms with E-state index in [0.29, 0.717) is 0 Å². The minimum absolute atomic E-state index is 1.12. The molecule has 0 saturated carbocycles. The summed E-state index contributed by atoms with van der Waals surface area (Å²) in [5, 5.41) is 0. The molecule has 0 unspecified atom stereocenters. The number of hydrogen-bond donors (Lipinski definition) is 0. The molecule has 0 aromatic carbocycles. The first-order chi connectivity index (χ1) is 8.91. The molecule has 0 bridgehead atoms. The summed E-state index contributed by atoms with van der Waals surface area (Å²) in [5.74, 6) is 0. The van der Waals surface area contributed by atoms with Gasteiger partial charge in [-0.15, -0.1) is 0 Å². The van der Waals surface area contributed by atoms with E-state index in [1.807, 2.05) is 6.08 Å². The van der Waals surface area contributed by atoms with Gasteiger partial charge in [-0.25, -0.2) is 0 Å². The van der Waals surface area contributed by atoms with E-state index in [0.717, 1.165) is 6.42 Å². The molecular weight excluding hydrogens is 216 g/mol. The van der Waals surface area contributed by atoms with Crippen molar-refractivity contribution in [2.24, 2.45) is 0 Å². The Hall–Kier alpha value is -0.260. The Bertz CT molecular complexity index is 157. The van der Waals surface area contributed by atoms with Crippen molar-refractivity contribution in [2.75, 3.05) is 0 Å². The van der Waals surface area contributed by atoms with Crippen LogP contribution >= 0.6 is 0 Å². The summed E-state index contributed by atoms with van der Waals surface area (Å²) in [4.78, 5) is 0. The van der Waals surface area contributed by atoms with Crippen molar-refractivity contribution >= 4 is 0 Å². The quantitative estimate of drug-likeness (QED) is 0.302. The third-order valence-electron chi connectivity index (χ3n) is 3.54. The first-order valence-corrected chi connectivity index (χ1v) is 8.15. The molecule has 0 N–H and O–H groups in total.